The third-order valence-electron chi connectivity index (χ3n) is 5.28. The molecular formula is C18H29NO6. The van der Waals surface area contributed by atoms with Crippen molar-refractivity contribution in [3.63, 3.8) is 0 Å². The minimum Gasteiger partial charge on any atom is -0.460 e. The predicted octanol–water partition coefficient (Wildman–Crippen LogP) is 0.898. The molecule has 7 heteroatoms. The molecule has 0 aromatic heterocycles. The Morgan fingerprint density at radius 3 is 2.64 bits per heavy atom. The van der Waals surface area contributed by atoms with E-state index in [9.17, 15) is 14.7 Å². The Morgan fingerprint density at radius 1 is 1.40 bits per heavy atom. The number of carbonyl (C=O) groups is 2. The van der Waals surface area contributed by atoms with E-state index < -0.39 is 17.7 Å². The van der Waals surface area contributed by atoms with Gasteiger partial charge in [-0.1, -0.05) is 19.9 Å². The molecule has 0 saturated carbocycles. The number of ether oxygens (including phenoxy) is 3. The lowest BCUT2D eigenvalue weighted by atomic mass is 9.85. The van der Waals surface area contributed by atoms with E-state index in [2.05, 4.69) is 4.90 Å². The third-order valence-corrected chi connectivity index (χ3v) is 5.28. The monoisotopic (exact) mass is 355 g/mol. The van der Waals surface area contributed by atoms with Gasteiger partial charge in [0.05, 0.1) is 12.1 Å². The molecule has 2 rings (SSSR count). The van der Waals surface area contributed by atoms with E-state index in [1.54, 1.807) is 20.8 Å². The molecule has 1 N–H and O–H groups in total. The molecule has 142 valence electrons. The zero-order valence-corrected chi connectivity index (χ0v) is 15.7. The van der Waals surface area contributed by atoms with Gasteiger partial charge in [0.15, 0.2) is 5.60 Å². The maximum Gasteiger partial charge on any atom is 0.341 e. The fraction of sp³-hybridized carbons (Fsp3) is 0.778. The van der Waals surface area contributed by atoms with Crippen LogP contribution in [0.4, 0.5) is 0 Å². The summed E-state index contributed by atoms with van der Waals surface area (Å²) in [5.41, 5.74) is -0.799. The van der Waals surface area contributed by atoms with Crippen LogP contribution in [0.3, 0.4) is 0 Å². The van der Waals surface area contributed by atoms with Crippen LogP contribution >= 0.6 is 0 Å². The van der Waals surface area contributed by atoms with Gasteiger partial charge in [0.25, 0.3) is 0 Å². The lowest BCUT2D eigenvalue weighted by molar-refractivity contribution is -0.186. The van der Waals surface area contributed by atoms with Gasteiger partial charge in [-0.25, -0.2) is 4.79 Å². The minimum absolute atomic E-state index is 0.0521. The van der Waals surface area contributed by atoms with Crippen molar-refractivity contribution in [1.29, 1.82) is 0 Å². The van der Waals surface area contributed by atoms with Crippen LogP contribution in [0.25, 0.3) is 0 Å². The second kappa shape index (κ2) is 7.85. The number of nitrogens with zero attached hydrogens (tertiary/aromatic N) is 1. The first-order chi connectivity index (χ1) is 11.7. The van der Waals surface area contributed by atoms with Crippen molar-refractivity contribution >= 4 is 11.9 Å². The molecule has 25 heavy (non-hydrogen) atoms. The van der Waals surface area contributed by atoms with E-state index >= 15 is 0 Å². The molecule has 0 aromatic rings. The van der Waals surface area contributed by atoms with Gasteiger partial charge < -0.3 is 19.3 Å². The summed E-state index contributed by atoms with van der Waals surface area (Å²) in [6.45, 7) is 8.21. The zero-order valence-electron chi connectivity index (χ0n) is 15.7. The van der Waals surface area contributed by atoms with Gasteiger partial charge in [-0.2, -0.15) is 0 Å². The van der Waals surface area contributed by atoms with Crippen molar-refractivity contribution in [2.45, 2.75) is 58.0 Å². The molecule has 2 aliphatic heterocycles. The van der Waals surface area contributed by atoms with E-state index in [0.29, 0.717) is 0 Å². The molecule has 1 saturated heterocycles. The quantitative estimate of drug-likeness (QED) is 0.536. The Hall–Kier alpha value is -1.44. The van der Waals surface area contributed by atoms with Gasteiger partial charge in [-0.3, -0.25) is 9.69 Å². The summed E-state index contributed by atoms with van der Waals surface area (Å²) in [5, 5.41) is 10.8. The van der Waals surface area contributed by atoms with Gasteiger partial charge in [0.1, 0.15) is 12.7 Å². The Kier molecular flexibility index (Phi) is 6.24. The molecule has 0 spiro atoms. The van der Waals surface area contributed by atoms with Crippen LogP contribution in [0, 0.1) is 5.92 Å². The van der Waals surface area contributed by atoms with Crippen LogP contribution in [0.1, 0.15) is 34.1 Å². The zero-order chi connectivity index (χ0) is 18.8. The van der Waals surface area contributed by atoms with Gasteiger partial charge in [-0.05, 0) is 24.8 Å². The molecule has 1 fully saturated rings. The van der Waals surface area contributed by atoms with Crippen molar-refractivity contribution in [2.24, 2.45) is 5.92 Å². The number of methoxy groups -OCH3 is 1. The third kappa shape index (κ3) is 3.88. The molecule has 0 radical (unpaired) electrons. The van der Waals surface area contributed by atoms with E-state index in [1.807, 2.05) is 6.08 Å². The Balaban J connectivity index is 2.02. The second-order valence-electron chi connectivity index (χ2n) is 7.09. The van der Waals surface area contributed by atoms with Gasteiger partial charge in [0, 0.05) is 27.1 Å². The smallest absolute Gasteiger partial charge is 0.341 e. The second-order valence-corrected chi connectivity index (χ2v) is 7.09. The number of fused-ring (bicyclic) bond motifs is 1. The molecule has 0 aromatic carbocycles. The Bertz CT molecular complexity index is 546. The summed E-state index contributed by atoms with van der Waals surface area (Å²) in [4.78, 5) is 26.0. The molecule has 0 aliphatic carbocycles. The van der Waals surface area contributed by atoms with Crippen LogP contribution < -0.4 is 0 Å². The maximum atomic E-state index is 12.5. The first kappa shape index (κ1) is 19.9. The van der Waals surface area contributed by atoms with Crippen molar-refractivity contribution in [1.82, 2.24) is 4.90 Å². The SMILES string of the molecule is CO[C@H](C)[C@](O)(C(=O)OCC1=CCN2CC[C@H](OC(C)=O)[C@@H]12)C(C)C. The van der Waals surface area contributed by atoms with Crippen molar-refractivity contribution in [3.8, 4) is 0 Å². The van der Waals surface area contributed by atoms with Gasteiger partial charge in [-0.15, -0.1) is 0 Å². The first-order valence-corrected chi connectivity index (χ1v) is 8.74. The summed E-state index contributed by atoms with van der Waals surface area (Å²) >= 11 is 0. The van der Waals surface area contributed by atoms with Crippen LogP contribution in [0.15, 0.2) is 11.6 Å². The van der Waals surface area contributed by atoms with Gasteiger partial charge >= 0.3 is 11.9 Å². The number of aliphatic hydroxyl groups is 1. The summed E-state index contributed by atoms with van der Waals surface area (Å²) in [7, 11) is 1.45. The normalized spacial score (nSPS) is 26.8. The Morgan fingerprint density at radius 2 is 2.08 bits per heavy atom. The van der Waals surface area contributed by atoms with Crippen LogP contribution in [-0.2, 0) is 23.8 Å². The van der Waals surface area contributed by atoms with Gasteiger partial charge in [0.2, 0.25) is 0 Å². The van der Waals surface area contributed by atoms with Crippen LogP contribution in [0.2, 0.25) is 0 Å². The average molecular weight is 355 g/mol. The highest BCUT2D eigenvalue weighted by Crippen LogP contribution is 2.32. The molecule has 0 amide bonds. The summed E-state index contributed by atoms with van der Waals surface area (Å²) in [6, 6.07) is -0.0521. The number of hydrogen-bond acceptors (Lipinski definition) is 7. The first-order valence-electron chi connectivity index (χ1n) is 8.74. The van der Waals surface area contributed by atoms with E-state index in [4.69, 9.17) is 14.2 Å². The highest BCUT2D eigenvalue weighted by Gasteiger charge is 2.47. The van der Waals surface area contributed by atoms with Crippen molar-refractivity contribution in [3.05, 3.63) is 11.6 Å². The molecule has 0 unspecified atom stereocenters. The maximum absolute atomic E-state index is 12.5. The standard InChI is InChI=1S/C18H29NO6/c1-11(2)18(22,12(3)23-5)17(21)24-10-14-6-8-19-9-7-15(16(14)19)25-13(4)20/h6,11-12,15-16,22H,7-10H2,1-5H3/t12-,15+,16-,18+/m1/s1. The average Bonchev–Trinajstić information content (AvgIpc) is 3.13. The largest absolute Gasteiger partial charge is 0.460 e. The fourth-order valence-corrected chi connectivity index (χ4v) is 3.65. The molecule has 2 heterocycles. The summed E-state index contributed by atoms with van der Waals surface area (Å²) < 4.78 is 16.0. The fourth-order valence-electron chi connectivity index (χ4n) is 3.65. The summed E-state index contributed by atoms with van der Waals surface area (Å²) in [5.74, 6) is -1.36. The van der Waals surface area contributed by atoms with Crippen LogP contribution in [-0.4, -0.2) is 72.6 Å². The topological polar surface area (TPSA) is 85.3 Å². The van der Waals surface area contributed by atoms with E-state index in [1.165, 1.54) is 14.0 Å². The lowest BCUT2D eigenvalue weighted by Crippen LogP contribution is -2.54. The highest BCUT2D eigenvalue weighted by atomic mass is 16.6. The minimum atomic E-state index is -1.71. The summed E-state index contributed by atoms with van der Waals surface area (Å²) in [6.07, 6.45) is 1.87. The molecule has 7 nitrogen and oxygen atoms in total. The van der Waals surface area contributed by atoms with Crippen LogP contribution in [0.5, 0.6) is 0 Å². The number of hydrogen-bond donors (Lipinski definition) is 1. The molecule has 4 atom stereocenters. The molecule has 0 bridgehead atoms. The van der Waals surface area contributed by atoms with E-state index in [0.717, 1.165) is 25.1 Å². The highest BCUT2D eigenvalue weighted by molar-refractivity contribution is 5.80. The number of esters is 2. The van der Waals surface area contributed by atoms with E-state index in [-0.39, 0.29) is 30.6 Å². The number of carbonyl (C=O) groups excluding carboxylic acids is 2. The van der Waals surface area contributed by atoms with Crippen molar-refractivity contribution in [2.75, 3.05) is 26.8 Å². The predicted molar refractivity (Wildman–Crippen MR) is 90.8 cm³/mol. The number of rotatable bonds is 7. The van der Waals surface area contributed by atoms with Crippen molar-refractivity contribution < 1.29 is 28.9 Å². The molecular weight excluding hydrogens is 326 g/mol. The lowest BCUT2D eigenvalue weighted by Gasteiger charge is -2.34. The Labute approximate surface area is 148 Å². The molecule has 2 aliphatic rings.